The molecule has 10 heteroatoms. The lowest BCUT2D eigenvalue weighted by atomic mass is 10.1. The van der Waals surface area contributed by atoms with Gasteiger partial charge >= 0.3 is 6.18 Å². The number of nitrogens with zero attached hydrogens (tertiary/aromatic N) is 5. The Kier molecular flexibility index (Phi) is 5.93. The van der Waals surface area contributed by atoms with Crippen LogP contribution in [-0.4, -0.2) is 51.8 Å². The highest BCUT2D eigenvalue weighted by atomic mass is 19.4. The predicted molar refractivity (Wildman–Crippen MR) is 112 cm³/mol. The van der Waals surface area contributed by atoms with Gasteiger partial charge in [-0.1, -0.05) is 6.07 Å². The molecule has 0 unspecified atom stereocenters. The molecule has 0 aliphatic carbocycles. The van der Waals surface area contributed by atoms with Gasteiger partial charge in [0, 0.05) is 55.9 Å². The lowest BCUT2D eigenvalue weighted by Gasteiger charge is -2.36. The second-order valence-corrected chi connectivity index (χ2v) is 7.37. The molecule has 1 aliphatic rings. The minimum atomic E-state index is -4.40. The number of piperazine rings is 1. The van der Waals surface area contributed by atoms with Gasteiger partial charge in [0.25, 0.3) is 5.56 Å². The van der Waals surface area contributed by atoms with Crippen LogP contribution >= 0.6 is 0 Å². The maximum atomic E-state index is 13.0. The largest absolute Gasteiger partial charge is 0.416 e. The van der Waals surface area contributed by atoms with E-state index in [1.807, 2.05) is 4.90 Å². The monoisotopic (exact) mass is 443 g/mol. The highest BCUT2D eigenvalue weighted by molar-refractivity contribution is 5.76. The van der Waals surface area contributed by atoms with Crippen molar-refractivity contribution in [3.05, 3.63) is 76.8 Å². The van der Waals surface area contributed by atoms with Gasteiger partial charge in [-0.3, -0.25) is 14.6 Å². The molecule has 32 heavy (non-hydrogen) atoms. The quantitative estimate of drug-likeness (QED) is 0.620. The van der Waals surface area contributed by atoms with Gasteiger partial charge in [-0.15, -0.1) is 0 Å². The summed E-state index contributed by atoms with van der Waals surface area (Å²) in [7, 11) is 0. The van der Waals surface area contributed by atoms with Gasteiger partial charge in [-0.05, 0) is 36.4 Å². The van der Waals surface area contributed by atoms with Crippen LogP contribution in [0.2, 0.25) is 0 Å². The Hall–Kier alpha value is -3.69. The number of anilines is 1. The molecular formula is C22H20F3N5O2. The Morgan fingerprint density at radius 1 is 0.969 bits per heavy atom. The zero-order valence-corrected chi connectivity index (χ0v) is 17.0. The third-order valence-corrected chi connectivity index (χ3v) is 5.30. The Morgan fingerprint density at radius 3 is 2.38 bits per heavy atom. The van der Waals surface area contributed by atoms with Crippen LogP contribution in [0.25, 0.3) is 11.3 Å². The second-order valence-electron chi connectivity index (χ2n) is 7.37. The van der Waals surface area contributed by atoms with Crippen molar-refractivity contribution in [1.29, 1.82) is 0 Å². The van der Waals surface area contributed by atoms with Crippen molar-refractivity contribution >= 4 is 11.6 Å². The maximum Gasteiger partial charge on any atom is 0.416 e. The van der Waals surface area contributed by atoms with Crippen LogP contribution < -0.4 is 10.5 Å². The first-order valence-corrected chi connectivity index (χ1v) is 10.00. The van der Waals surface area contributed by atoms with Gasteiger partial charge < -0.3 is 9.80 Å². The lowest BCUT2D eigenvalue weighted by molar-refractivity contribution is -0.137. The smallest absolute Gasteiger partial charge is 0.368 e. The van der Waals surface area contributed by atoms with Gasteiger partial charge in [0.15, 0.2) is 0 Å². The number of hydrogen-bond acceptors (Lipinski definition) is 5. The Balaban J connectivity index is 1.41. The van der Waals surface area contributed by atoms with E-state index < -0.39 is 17.3 Å². The summed E-state index contributed by atoms with van der Waals surface area (Å²) >= 11 is 0. The summed E-state index contributed by atoms with van der Waals surface area (Å²) in [6.45, 7) is 1.27. The lowest BCUT2D eigenvalue weighted by Crippen LogP contribution is -2.50. The van der Waals surface area contributed by atoms with Crippen molar-refractivity contribution in [2.75, 3.05) is 31.1 Å². The van der Waals surface area contributed by atoms with Crippen molar-refractivity contribution in [3.63, 3.8) is 0 Å². The molecule has 1 saturated heterocycles. The molecule has 2 aromatic heterocycles. The normalized spacial score (nSPS) is 14.5. The number of rotatable bonds is 4. The highest BCUT2D eigenvalue weighted by Gasteiger charge is 2.31. The van der Waals surface area contributed by atoms with Crippen LogP contribution in [0, 0.1) is 0 Å². The summed E-state index contributed by atoms with van der Waals surface area (Å²) in [5.41, 5.74) is 0.701. The number of carbonyl (C=O) groups is 1. The molecule has 0 atom stereocenters. The highest BCUT2D eigenvalue weighted by Crippen LogP contribution is 2.31. The number of benzene rings is 1. The van der Waals surface area contributed by atoms with Crippen LogP contribution in [0.5, 0.6) is 0 Å². The predicted octanol–water partition coefficient (Wildman–Crippen LogP) is 2.67. The fourth-order valence-electron chi connectivity index (χ4n) is 3.56. The Labute approximate surface area is 181 Å². The van der Waals surface area contributed by atoms with Gasteiger partial charge in [0.05, 0.1) is 11.3 Å². The number of alkyl halides is 3. The molecule has 4 rings (SSSR count). The summed E-state index contributed by atoms with van der Waals surface area (Å²) in [6.07, 6.45) is -1.18. The minimum Gasteiger partial charge on any atom is -0.368 e. The molecule has 3 heterocycles. The van der Waals surface area contributed by atoms with Crippen LogP contribution in [0.4, 0.5) is 18.9 Å². The molecule has 3 aromatic rings. The van der Waals surface area contributed by atoms with Crippen molar-refractivity contribution < 1.29 is 18.0 Å². The van der Waals surface area contributed by atoms with Crippen molar-refractivity contribution in [3.8, 4) is 11.3 Å². The van der Waals surface area contributed by atoms with E-state index in [-0.39, 0.29) is 12.5 Å². The molecule has 1 fully saturated rings. The van der Waals surface area contributed by atoms with E-state index in [1.165, 1.54) is 12.1 Å². The average Bonchev–Trinajstić information content (AvgIpc) is 2.81. The van der Waals surface area contributed by atoms with Gasteiger partial charge in [0.2, 0.25) is 5.91 Å². The van der Waals surface area contributed by atoms with Crippen molar-refractivity contribution in [2.45, 2.75) is 12.7 Å². The topological polar surface area (TPSA) is 71.3 Å². The zero-order chi connectivity index (χ0) is 22.7. The average molecular weight is 443 g/mol. The van der Waals surface area contributed by atoms with Gasteiger partial charge in [0.1, 0.15) is 6.54 Å². The van der Waals surface area contributed by atoms with Gasteiger partial charge in [-0.2, -0.15) is 18.3 Å². The summed E-state index contributed by atoms with van der Waals surface area (Å²) in [6, 6.07) is 11.6. The maximum absolute atomic E-state index is 13.0. The Bertz CT molecular complexity index is 1160. The zero-order valence-electron chi connectivity index (χ0n) is 17.0. The number of hydrogen-bond donors (Lipinski definition) is 0. The third-order valence-electron chi connectivity index (χ3n) is 5.30. The van der Waals surface area contributed by atoms with E-state index >= 15 is 0 Å². The van der Waals surface area contributed by atoms with Crippen molar-refractivity contribution in [1.82, 2.24) is 19.7 Å². The number of pyridine rings is 1. The van der Waals surface area contributed by atoms with Crippen LogP contribution in [0.1, 0.15) is 5.56 Å². The fourth-order valence-corrected chi connectivity index (χ4v) is 3.56. The van der Waals surface area contributed by atoms with Crippen LogP contribution in [-0.2, 0) is 17.5 Å². The van der Waals surface area contributed by atoms with E-state index in [9.17, 15) is 22.8 Å². The van der Waals surface area contributed by atoms with E-state index in [0.717, 1.165) is 22.4 Å². The third kappa shape index (κ3) is 4.79. The Morgan fingerprint density at radius 2 is 1.69 bits per heavy atom. The number of carbonyl (C=O) groups excluding carboxylic acids is 1. The summed E-state index contributed by atoms with van der Waals surface area (Å²) in [5, 5.41) is 4.28. The number of halogens is 3. The first-order chi connectivity index (χ1) is 15.3. The SMILES string of the molecule is O=C(Cn1nc(-c2ccncc2)ccc1=O)N1CCN(c2cccc(C(F)(F)F)c2)CC1. The van der Waals surface area contributed by atoms with Crippen LogP contribution in [0.3, 0.4) is 0 Å². The van der Waals surface area contributed by atoms with E-state index in [0.29, 0.717) is 37.6 Å². The first kappa shape index (κ1) is 21.5. The molecule has 7 nitrogen and oxygen atoms in total. The molecule has 0 radical (unpaired) electrons. The minimum absolute atomic E-state index is 0.207. The molecular weight excluding hydrogens is 423 g/mol. The number of amides is 1. The molecule has 1 aliphatic heterocycles. The van der Waals surface area contributed by atoms with Crippen LogP contribution in [0.15, 0.2) is 65.7 Å². The molecule has 0 N–H and O–H groups in total. The number of aromatic nitrogens is 3. The van der Waals surface area contributed by atoms with Gasteiger partial charge in [-0.25, -0.2) is 4.68 Å². The summed E-state index contributed by atoms with van der Waals surface area (Å²) in [5.74, 6) is -0.268. The fraction of sp³-hybridized carbons (Fsp3) is 0.273. The molecule has 0 spiro atoms. The molecule has 166 valence electrons. The molecule has 0 saturated carbocycles. The second kappa shape index (κ2) is 8.81. The summed E-state index contributed by atoms with van der Waals surface area (Å²) in [4.78, 5) is 32.3. The molecule has 1 aromatic carbocycles. The van der Waals surface area contributed by atoms with E-state index in [2.05, 4.69) is 10.1 Å². The first-order valence-electron chi connectivity index (χ1n) is 10.00. The van der Waals surface area contributed by atoms with E-state index in [1.54, 1.807) is 41.6 Å². The molecule has 0 bridgehead atoms. The molecule has 1 amide bonds. The van der Waals surface area contributed by atoms with Crippen molar-refractivity contribution in [2.24, 2.45) is 0 Å². The summed E-state index contributed by atoms with van der Waals surface area (Å²) < 4.78 is 40.0. The standard InChI is InChI=1S/C22H20F3N5O2/c23-22(24,25)17-2-1-3-18(14-17)28-10-12-29(13-11-28)21(32)15-30-20(31)5-4-19(27-30)16-6-8-26-9-7-16/h1-9,14H,10-13,15H2. The van der Waals surface area contributed by atoms with E-state index in [4.69, 9.17) is 0 Å².